The summed E-state index contributed by atoms with van der Waals surface area (Å²) >= 11 is 0. The fourth-order valence-electron chi connectivity index (χ4n) is 2.36. The zero-order valence-corrected chi connectivity index (χ0v) is 13.9. The summed E-state index contributed by atoms with van der Waals surface area (Å²) in [6.07, 6.45) is 4.41. The molecule has 0 aliphatic carbocycles. The summed E-state index contributed by atoms with van der Waals surface area (Å²) in [5.74, 6) is -0.131. The molecule has 0 saturated heterocycles. The molecule has 132 valence electrons. The number of carbonyl (C=O) groups is 1. The van der Waals surface area contributed by atoms with E-state index in [1.165, 1.54) is 0 Å². The molecule has 5 heteroatoms. The van der Waals surface area contributed by atoms with Crippen LogP contribution in [0.1, 0.15) is 35.1 Å². The minimum Gasteiger partial charge on any atom is -0.494 e. The standard InChI is InChI=1S/C20H22O5/c21-13-17-9-8-16(11-18(17)14-22)7-6-15-3-1-4-19(12-15)25-10-2-5-20(23)24/h1,3-4,6-9,11-12,21-22H,2,5,10,13-14H2,(H,23,24)/b7-6+. The maximum Gasteiger partial charge on any atom is 0.303 e. The van der Waals surface area contributed by atoms with E-state index in [2.05, 4.69) is 0 Å². The first-order valence-electron chi connectivity index (χ1n) is 8.08. The largest absolute Gasteiger partial charge is 0.494 e. The van der Waals surface area contributed by atoms with Crippen molar-refractivity contribution in [3.05, 3.63) is 64.7 Å². The number of aliphatic carboxylic acids is 1. The van der Waals surface area contributed by atoms with Crippen LogP contribution in [0, 0.1) is 0 Å². The SMILES string of the molecule is O=C(O)CCCOc1cccc(/C=C/c2ccc(CO)c(CO)c2)c1. The van der Waals surface area contributed by atoms with Gasteiger partial charge in [0.05, 0.1) is 19.8 Å². The van der Waals surface area contributed by atoms with E-state index in [1.807, 2.05) is 48.6 Å². The first-order valence-corrected chi connectivity index (χ1v) is 8.08. The second kappa shape index (κ2) is 9.61. The van der Waals surface area contributed by atoms with Crippen molar-refractivity contribution >= 4 is 18.1 Å². The van der Waals surface area contributed by atoms with Gasteiger partial charge in [-0.3, -0.25) is 4.79 Å². The molecule has 0 bridgehead atoms. The molecule has 0 heterocycles. The van der Waals surface area contributed by atoms with Crippen LogP contribution >= 0.6 is 0 Å². The molecule has 0 amide bonds. The van der Waals surface area contributed by atoms with Gasteiger partial charge in [0.25, 0.3) is 0 Å². The van der Waals surface area contributed by atoms with Crippen LogP contribution in [-0.4, -0.2) is 27.9 Å². The van der Waals surface area contributed by atoms with Crippen LogP contribution < -0.4 is 4.74 Å². The number of hydrogen-bond donors (Lipinski definition) is 3. The summed E-state index contributed by atoms with van der Waals surface area (Å²) in [6, 6.07) is 13.1. The van der Waals surface area contributed by atoms with E-state index in [9.17, 15) is 15.0 Å². The quantitative estimate of drug-likeness (QED) is 0.481. The van der Waals surface area contributed by atoms with Gasteiger partial charge in [0.1, 0.15) is 5.75 Å². The molecule has 2 aromatic rings. The molecule has 5 nitrogen and oxygen atoms in total. The van der Waals surface area contributed by atoms with Gasteiger partial charge in [-0.25, -0.2) is 0 Å². The minimum atomic E-state index is -0.824. The molecule has 0 radical (unpaired) electrons. The maximum absolute atomic E-state index is 10.5. The highest BCUT2D eigenvalue weighted by atomic mass is 16.5. The van der Waals surface area contributed by atoms with E-state index in [0.717, 1.165) is 16.7 Å². The number of aliphatic hydroxyl groups is 2. The first-order chi connectivity index (χ1) is 12.1. The monoisotopic (exact) mass is 342 g/mol. The molecule has 3 N–H and O–H groups in total. The lowest BCUT2D eigenvalue weighted by molar-refractivity contribution is -0.137. The predicted octanol–water partition coefficient (Wildman–Crippen LogP) is 3.09. The lowest BCUT2D eigenvalue weighted by atomic mass is 10.0. The molecule has 2 aromatic carbocycles. The zero-order valence-electron chi connectivity index (χ0n) is 13.9. The molecule has 0 spiro atoms. The highest BCUT2D eigenvalue weighted by Gasteiger charge is 2.01. The number of aliphatic hydroxyl groups excluding tert-OH is 2. The van der Waals surface area contributed by atoms with Crippen molar-refractivity contribution in [1.29, 1.82) is 0 Å². The molecular weight excluding hydrogens is 320 g/mol. The Bertz CT molecular complexity index is 737. The lowest BCUT2D eigenvalue weighted by Crippen LogP contribution is -2.02. The Morgan fingerprint density at radius 1 is 0.960 bits per heavy atom. The Hall–Kier alpha value is -2.63. The highest BCUT2D eigenvalue weighted by molar-refractivity contribution is 5.70. The summed E-state index contributed by atoms with van der Waals surface area (Å²) in [5.41, 5.74) is 3.30. The van der Waals surface area contributed by atoms with Gasteiger partial charge in [-0.2, -0.15) is 0 Å². The molecule has 0 aliphatic heterocycles. The Balaban J connectivity index is 2.01. The Morgan fingerprint density at radius 3 is 2.36 bits per heavy atom. The van der Waals surface area contributed by atoms with Crippen LogP contribution in [0.25, 0.3) is 12.2 Å². The second-order valence-corrected chi connectivity index (χ2v) is 5.60. The number of carboxylic acids is 1. The second-order valence-electron chi connectivity index (χ2n) is 5.60. The van der Waals surface area contributed by atoms with E-state index in [1.54, 1.807) is 6.07 Å². The molecule has 2 rings (SSSR count). The van der Waals surface area contributed by atoms with Gasteiger partial charge in [0.15, 0.2) is 0 Å². The van der Waals surface area contributed by atoms with Crippen LogP contribution in [0.5, 0.6) is 5.75 Å². The summed E-state index contributed by atoms with van der Waals surface area (Å²) in [6.45, 7) is 0.153. The van der Waals surface area contributed by atoms with Crippen molar-refractivity contribution in [3.63, 3.8) is 0 Å². The molecule has 0 fully saturated rings. The molecule has 0 aromatic heterocycles. The summed E-state index contributed by atoms with van der Waals surface area (Å²) in [5, 5.41) is 27.2. The van der Waals surface area contributed by atoms with Crippen molar-refractivity contribution in [2.75, 3.05) is 6.61 Å². The van der Waals surface area contributed by atoms with Crippen molar-refractivity contribution in [2.45, 2.75) is 26.1 Å². The molecule has 25 heavy (non-hydrogen) atoms. The van der Waals surface area contributed by atoms with Gasteiger partial charge in [0, 0.05) is 6.42 Å². The predicted molar refractivity (Wildman–Crippen MR) is 96.0 cm³/mol. The third-order valence-corrected chi connectivity index (χ3v) is 3.70. The van der Waals surface area contributed by atoms with Gasteiger partial charge >= 0.3 is 5.97 Å². The zero-order chi connectivity index (χ0) is 18.1. The summed E-state index contributed by atoms with van der Waals surface area (Å²) < 4.78 is 5.56. The van der Waals surface area contributed by atoms with Crippen molar-refractivity contribution in [2.24, 2.45) is 0 Å². The average molecular weight is 342 g/mol. The first kappa shape index (κ1) is 18.7. The smallest absolute Gasteiger partial charge is 0.303 e. The van der Waals surface area contributed by atoms with Crippen LogP contribution in [0.2, 0.25) is 0 Å². The van der Waals surface area contributed by atoms with Gasteiger partial charge in [-0.15, -0.1) is 0 Å². The molecule has 0 saturated carbocycles. The fraction of sp³-hybridized carbons (Fsp3) is 0.250. The van der Waals surface area contributed by atoms with Crippen LogP contribution in [0.3, 0.4) is 0 Å². The van der Waals surface area contributed by atoms with E-state index in [0.29, 0.717) is 24.3 Å². The fourth-order valence-corrected chi connectivity index (χ4v) is 2.36. The molecule has 0 atom stereocenters. The van der Waals surface area contributed by atoms with Crippen molar-refractivity contribution in [3.8, 4) is 5.75 Å². The number of ether oxygens (including phenoxy) is 1. The van der Waals surface area contributed by atoms with Crippen molar-refractivity contribution < 1.29 is 24.9 Å². The Morgan fingerprint density at radius 2 is 1.68 bits per heavy atom. The van der Waals surface area contributed by atoms with Gasteiger partial charge in [0.2, 0.25) is 0 Å². The van der Waals surface area contributed by atoms with Gasteiger partial charge < -0.3 is 20.1 Å². The minimum absolute atomic E-state index is 0.0939. The molecular formula is C20H22O5. The number of carboxylic acid groups (broad SMARTS) is 1. The van der Waals surface area contributed by atoms with E-state index in [4.69, 9.17) is 9.84 Å². The third-order valence-electron chi connectivity index (χ3n) is 3.70. The lowest BCUT2D eigenvalue weighted by Gasteiger charge is -2.07. The Kier molecular flexibility index (Phi) is 7.19. The van der Waals surface area contributed by atoms with E-state index >= 15 is 0 Å². The van der Waals surface area contributed by atoms with E-state index in [-0.39, 0.29) is 19.6 Å². The van der Waals surface area contributed by atoms with Gasteiger partial charge in [-0.1, -0.05) is 36.4 Å². The van der Waals surface area contributed by atoms with Gasteiger partial charge in [-0.05, 0) is 46.9 Å². The average Bonchev–Trinajstić information content (AvgIpc) is 2.63. The number of rotatable bonds is 9. The number of hydrogen-bond acceptors (Lipinski definition) is 4. The van der Waals surface area contributed by atoms with E-state index < -0.39 is 5.97 Å². The highest BCUT2D eigenvalue weighted by Crippen LogP contribution is 2.18. The normalized spacial score (nSPS) is 11.0. The summed E-state index contributed by atoms with van der Waals surface area (Å²) in [4.78, 5) is 10.5. The summed E-state index contributed by atoms with van der Waals surface area (Å²) in [7, 11) is 0. The topological polar surface area (TPSA) is 87.0 Å². The molecule has 0 aliphatic rings. The van der Waals surface area contributed by atoms with Crippen LogP contribution in [0.15, 0.2) is 42.5 Å². The Labute approximate surface area is 146 Å². The maximum atomic E-state index is 10.5. The molecule has 0 unspecified atom stereocenters. The number of benzene rings is 2. The van der Waals surface area contributed by atoms with Crippen LogP contribution in [-0.2, 0) is 18.0 Å². The third kappa shape index (κ3) is 6.06. The van der Waals surface area contributed by atoms with Crippen LogP contribution in [0.4, 0.5) is 0 Å². The van der Waals surface area contributed by atoms with Crippen molar-refractivity contribution in [1.82, 2.24) is 0 Å².